The molecule has 0 radical (unpaired) electrons. The number of phenols is 1. The first-order valence-electron chi connectivity index (χ1n) is 3.59. The average molecular weight is 180 g/mol. The molecule has 1 aromatic carbocycles. The molecule has 0 bridgehead atoms. The van der Waals surface area contributed by atoms with E-state index in [1.807, 2.05) is 0 Å². The van der Waals surface area contributed by atoms with Crippen molar-refractivity contribution in [3.8, 4) is 5.75 Å². The number of carboxylic acids is 1. The van der Waals surface area contributed by atoms with Gasteiger partial charge in [0.1, 0.15) is 5.75 Å². The largest absolute Gasteiger partial charge is 0.507 e. The fourth-order valence-corrected chi connectivity index (χ4v) is 0.962. The molecule has 0 aromatic heterocycles. The van der Waals surface area contributed by atoms with Crippen LogP contribution in [0.1, 0.15) is 27.6 Å². The Bertz CT molecular complexity index is 368. The van der Waals surface area contributed by atoms with E-state index in [-0.39, 0.29) is 22.7 Å². The fourth-order valence-electron chi connectivity index (χ4n) is 0.962. The highest BCUT2D eigenvalue weighted by Crippen LogP contribution is 2.19. The Morgan fingerprint density at radius 3 is 2.31 bits per heavy atom. The Morgan fingerprint density at radius 2 is 1.92 bits per heavy atom. The lowest BCUT2D eigenvalue weighted by Gasteiger charge is -2.00. The number of carbonyl (C=O) groups is 2. The third-order valence-electron chi connectivity index (χ3n) is 1.62. The summed E-state index contributed by atoms with van der Waals surface area (Å²) in [6.45, 7) is 1.30. The molecule has 0 aliphatic heterocycles. The Balaban J connectivity index is 3.20. The van der Waals surface area contributed by atoms with Gasteiger partial charge in [0, 0.05) is 0 Å². The summed E-state index contributed by atoms with van der Waals surface area (Å²) in [6.07, 6.45) is 0. The third kappa shape index (κ3) is 1.84. The van der Waals surface area contributed by atoms with Crippen molar-refractivity contribution in [2.75, 3.05) is 0 Å². The summed E-state index contributed by atoms with van der Waals surface area (Å²) in [7, 11) is 0. The van der Waals surface area contributed by atoms with Crippen LogP contribution in [-0.4, -0.2) is 22.0 Å². The van der Waals surface area contributed by atoms with Crippen molar-refractivity contribution in [3.63, 3.8) is 0 Å². The monoisotopic (exact) mass is 180 g/mol. The Hall–Kier alpha value is -1.84. The summed E-state index contributed by atoms with van der Waals surface area (Å²) < 4.78 is 0. The van der Waals surface area contributed by atoms with Crippen LogP contribution in [0.25, 0.3) is 0 Å². The van der Waals surface area contributed by atoms with Crippen LogP contribution in [0.5, 0.6) is 5.75 Å². The minimum absolute atomic E-state index is 0.0394. The van der Waals surface area contributed by atoms with Gasteiger partial charge in [0.15, 0.2) is 5.78 Å². The molecule has 2 N–H and O–H groups in total. The molecule has 68 valence electrons. The van der Waals surface area contributed by atoms with E-state index in [1.54, 1.807) is 0 Å². The molecule has 1 rings (SSSR count). The maximum atomic E-state index is 10.8. The SMILES string of the molecule is CC(=O)c1ccc(C(=O)O)cc1O. The van der Waals surface area contributed by atoms with E-state index < -0.39 is 5.97 Å². The predicted octanol–water partition coefficient (Wildman–Crippen LogP) is 1.29. The second-order valence-corrected chi connectivity index (χ2v) is 2.59. The van der Waals surface area contributed by atoms with Gasteiger partial charge in [-0.2, -0.15) is 0 Å². The van der Waals surface area contributed by atoms with E-state index in [4.69, 9.17) is 5.11 Å². The van der Waals surface area contributed by atoms with Crippen LogP contribution in [0.2, 0.25) is 0 Å². The Labute approximate surface area is 74.4 Å². The van der Waals surface area contributed by atoms with Crippen molar-refractivity contribution < 1.29 is 19.8 Å². The molecule has 0 amide bonds. The zero-order valence-electron chi connectivity index (χ0n) is 6.94. The van der Waals surface area contributed by atoms with Crippen LogP contribution in [0.15, 0.2) is 18.2 Å². The normalized spacial score (nSPS) is 9.62. The summed E-state index contributed by atoms with van der Waals surface area (Å²) in [6, 6.07) is 3.62. The molecule has 4 nitrogen and oxygen atoms in total. The maximum Gasteiger partial charge on any atom is 0.335 e. The van der Waals surface area contributed by atoms with Crippen molar-refractivity contribution in [1.82, 2.24) is 0 Å². The van der Waals surface area contributed by atoms with Crippen LogP contribution in [0.4, 0.5) is 0 Å². The van der Waals surface area contributed by atoms with E-state index in [0.29, 0.717) is 0 Å². The second-order valence-electron chi connectivity index (χ2n) is 2.59. The van der Waals surface area contributed by atoms with E-state index in [9.17, 15) is 14.7 Å². The molecule has 0 heterocycles. The summed E-state index contributed by atoms with van der Waals surface area (Å²) in [5.74, 6) is -1.73. The molecule has 0 spiro atoms. The van der Waals surface area contributed by atoms with Gasteiger partial charge in [0.2, 0.25) is 0 Å². The number of ketones is 1. The number of aromatic carboxylic acids is 1. The first-order chi connectivity index (χ1) is 6.02. The molecule has 1 aromatic rings. The Morgan fingerprint density at radius 1 is 1.31 bits per heavy atom. The topological polar surface area (TPSA) is 74.6 Å². The standard InChI is InChI=1S/C9H8O4/c1-5(10)7-3-2-6(9(12)13)4-8(7)11/h2-4,11H,1H3,(H,12,13). The first-order valence-corrected chi connectivity index (χ1v) is 3.59. The van der Waals surface area contributed by atoms with Crippen LogP contribution >= 0.6 is 0 Å². The summed E-state index contributed by atoms with van der Waals surface area (Å²) in [5, 5.41) is 17.8. The third-order valence-corrected chi connectivity index (χ3v) is 1.62. The van der Waals surface area contributed by atoms with Gasteiger partial charge in [-0.1, -0.05) is 0 Å². The maximum absolute atomic E-state index is 10.8. The molecule has 13 heavy (non-hydrogen) atoms. The molecular formula is C9H8O4. The number of phenolic OH excluding ortho intramolecular Hbond substituents is 1. The molecule has 0 saturated carbocycles. The minimum atomic E-state index is -1.13. The Kier molecular flexibility index (Phi) is 2.32. The first kappa shape index (κ1) is 9.25. The predicted molar refractivity (Wildman–Crippen MR) is 45.1 cm³/mol. The summed E-state index contributed by atoms with van der Waals surface area (Å²) >= 11 is 0. The molecule has 0 fully saturated rings. The fraction of sp³-hybridized carbons (Fsp3) is 0.111. The summed E-state index contributed by atoms with van der Waals surface area (Å²) in [4.78, 5) is 21.3. The summed E-state index contributed by atoms with van der Waals surface area (Å²) in [5.41, 5.74) is 0.0903. The van der Waals surface area contributed by atoms with Crippen molar-refractivity contribution in [1.29, 1.82) is 0 Å². The zero-order chi connectivity index (χ0) is 10.0. The van der Waals surface area contributed by atoms with Crippen molar-refractivity contribution in [2.45, 2.75) is 6.92 Å². The van der Waals surface area contributed by atoms with E-state index in [1.165, 1.54) is 19.1 Å². The zero-order valence-corrected chi connectivity index (χ0v) is 6.94. The van der Waals surface area contributed by atoms with Gasteiger partial charge in [-0.3, -0.25) is 4.79 Å². The average Bonchev–Trinajstić information content (AvgIpc) is 2.03. The number of Topliss-reactive ketones (excluding diaryl/α,β-unsaturated/α-hetero) is 1. The number of carboxylic acid groups (broad SMARTS) is 1. The number of benzene rings is 1. The van der Waals surface area contributed by atoms with Crippen LogP contribution in [0.3, 0.4) is 0 Å². The van der Waals surface area contributed by atoms with Gasteiger partial charge in [0.25, 0.3) is 0 Å². The lowest BCUT2D eigenvalue weighted by atomic mass is 10.1. The van der Waals surface area contributed by atoms with Crippen molar-refractivity contribution >= 4 is 11.8 Å². The number of rotatable bonds is 2. The molecule has 0 aliphatic rings. The van der Waals surface area contributed by atoms with Crippen LogP contribution < -0.4 is 0 Å². The smallest absolute Gasteiger partial charge is 0.335 e. The highest BCUT2D eigenvalue weighted by molar-refractivity contribution is 5.98. The van der Waals surface area contributed by atoms with Gasteiger partial charge < -0.3 is 10.2 Å². The number of hydrogen-bond acceptors (Lipinski definition) is 3. The van der Waals surface area contributed by atoms with Gasteiger partial charge in [0.05, 0.1) is 11.1 Å². The molecule has 0 saturated heterocycles. The minimum Gasteiger partial charge on any atom is -0.507 e. The highest BCUT2D eigenvalue weighted by Gasteiger charge is 2.09. The lowest BCUT2D eigenvalue weighted by Crippen LogP contribution is -1.98. The van der Waals surface area contributed by atoms with Crippen LogP contribution in [0, 0.1) is 0 Å². The molecular weight excluding hydrogens is 172 g/mol. The van der Waals surface area contributed by atoms with Gasteiger partial charge in [-0.15, -0.1) is 0 Å². The number of hydrogen-bond donors (Lipinski definition) is 2. The van der Waals surface area contributed by atoms with E-state index in [2.05, 4.69) is 0 Å². The van der Waals surface area contributed by atoms with E-state index >= 15 is 0 Å². The molecule has 4 heteroatoms. The van der Waals surface area contributed by atoms with Gasteiger partial charge >= 0.3 is 5.97 Å². The van der Waals surface area contributed by atoms with Crippen LogP contribution in [-0.2, 0) is 0 Å². The highest BCUT2D eigenvalue weighted by atomic mass is 16.4. The lowest BCUT2D eigenvalue weighted by molar-refractivity contribution is 0.0696. The van der Waals surface area contributed by atoms with Crippen molar-refractivity contribution in [2.24, 2.45) is 0 Å². The number of aromatic hydroxyl groups is 1. The molecule has 0 unspecified atom stereocenters. The number of carbonyl (C=O) groups excluding carboxylic acids is 1. The van der Waals surface area contributed by atoms with Crippen molar-refractivity contribution in [3.05, 3.63) is 29.3 Å². The van der Waals surface area contributed by atoms with E-state index in [0.717, 1.165) is 6.07 Å². The molecule has 0 atom stereocenters. The quantitative estimate of drug-likeness (QED) is 0.672. The molecule has 0 aliphatic carbocycles. The van der Waals surface area contributed by atoms with Gasteiger partial charge in [-0.25, -0.2) is 4.79 Å². The van der Waals surface area contributed by atoms with Gasteiger partial charge in [-0.05, 0) is 25.1 Å². The second kappa shape index (κ2) is 3.26.